The van der Waals surface area contributed by atoms with Gasteiger partial charge in [0.25, 0.3) is 5.91 Å². The zero-order chi connectivity index (χ0) is 27.7. The first-order valence-electron chi connectivity index (χ1n) is 12.6. The number of carbonyl (C=O) groups is 2. The van der Waals surface area contributed by atoms with Crippen molar-refractivity contribution in [2.75, 3.05) is 18.4 Å². The maximum atomic E-state index is 13.4. The number of nitrogens with zero attached hydrogens (tertiary/aromatic N) is 2. The summed E-state index contributed by atoms with van der Waals surface area (Å²) >= 11 is 0. The van der Waals surface area contributed by atoms with Gasteiger partial charge in [0.05, 0.1) is 22.8 Å². The van der Waals surface area contributed by atoms with Gasteiger partial charge in [-0.15, -0.1) is 0 Å². The fourth-order valence-electron chi connectivity index (χ4n) is 4.91. The van der Waals surface area contributed by atoms with Crippen molar-refractivity contribution in [1.82, 2.24) is 8.87 Å². The Morgan fingerprint density at radius 2 is 1.92 bits per heavy atom. The molecule has 1 saturated heterocycles. The lowest BCUT2D eigenvalue weighted by Gasteiger charge is -2.17. The zero-order valence-electron chi connectivity index (χ0n) is 21.5. The Morgan fingerprint density at radius 3 is 2.59 bits per heavy atom. The van der Waals surface area contributed by atoms with E-state index < -0.39 is 21.9 Å². The molecule has 0 spiro atoms. The van der Waals surface area contributed by atoms with Gasteiger partial charge >= 0.3 is 5.97 Å². The van der Waals surface area contributed by atoms with Gasteiger partial charge < -0.3 is 24.1 Å². The van der Waals surface area contributed by atoms with Crippen molar-refractivity contribution in [2.45, 2.75) is 43.7 Å². The number of carboxylic acids is 1. The van der Waals surface area contributed by atoms with Crippen molar-refractivity contribution >= 4 is 38.5 Å². The summed E-state index contributed by atoms with van der Waals surface area (Å²) in [6.07, 6.45) is 3.76. The number of ether oxygens (including phenoxy) is 1. The van der Waals surface area contributed by atoms with Crippen LogP contribution in [0.5, 0.6) is 5.75 Å². The molecular formula is C28H29N3O7S. The number of amides is 1. The van der Waals surface area contributed by atoms with Crippen molar-refractivity contribution < 1.29 is 32.3 Å². The highest BCUT2D eigenvalue weighted by Gasteiger charge is 2.34. The molecule has 39 heavy (non-hydrogen) atoms. The quantitative estimate of drug-likeness (QED) is 0.312. The Labute approximate surface area is 225 Å². The van der Waals surface area contributed by atoms with Gasteiger partial charge in [0.15, 0.2) is 5.76 Å². The molecule has 0 aliphatic carbocycles. The molecule has 1 aliphatic heterocycles. The number of fused-ring (bicyclic) bond motifs is 1. The third-order valence-electron chi connectivity index (χ3n) is 6.65. The lowest BCUT2D eigenvalue weighted by molar-refractivity contribution is -0.137. The molecule has 11 heteroatoms. The number of benzene rings is 2. The number of carboxylic acid groups (broad SMARTS) is 1. The molecule has 1 fully saturated rings. The maximum absolute atomic E-state index is 13.4. The number of furan rings is 1. The predicted molar refractivity (Wildman–Crippen MR) is 145 cm³/mol. The Balaban J connectivity index is 1.39. The molecule has 0 radical (unpaired) electrons. The van der Waals surface area contributed by atoms with E-state index in [1.165, 1.54) is 10.6 Å². The Morgan fingerprint density at radius 1 is 1.15 bits per heavy atom. The van der Waals surface area contributed by atoms with Crippen LogP contribution in [0, 0.1) is 0 Å². The summed E-state index contributed by atoms with van der Waals surface area (Å²) < 4.78 is 40.6. The van der Waals surface area contributed by atoms with Gasteiger partial charge in [-0.1, -0.05) is 6.07 Å². The van der Waals surface area contributed by atoms with Crippen molar-refractivity contribution in [3.63, 3.8) is 0 Å². The third-order valence-corrected chi connectivity index (χ3v) is 8.52. The normalized spacial score (nSPS) is 16.1. The van der Waals surface area contributed by atoms with Crippen LogP contribution < -0.4 is 10.1 Å². The van der Waals surface area contributed by atoms with Crippen LogP contribution in [0.3, 0.4) is 0 Å². The number of aromatic nitrogens is 1. The van der Waals surface area contributed by atoms with Crippen molar-refractivity contribution in [1.29, 1.82) is 0 Å². The summed E-state index contributed by atoms with van der Waals surface area (Å²) in [5.74, 6) is -0.787. The van der Waals surface area contributed by atoms with Crippen LogP contribution in [0.4, 0.5) is 5.69 Å². The number of aliphatic carboxylic acids is 1. The Bertz CT molecular complexity index is 1610. The number of anilines is 1. The van der Waals surface area contributed by atoms with Gasteiger partial charge in [-0.3, -0.25) is 9.59 Å². The third kappa shape index (κ3) is 5.55. The SMILES string of the molecule is CC(C)Oc1ccc(S(=O)(=O)N2CCC(c3cn(CC(=O)O)c4cc(NC(=O)c5ccco5)ccc34)C2)cc1. The number of hydrogen-bond acceptors (Lipinski definition) is 6. The molecule has 10 nitrogen and oxygen atoms in total. The number of sulfonamides is 1. The van der Waals surface area contributed by atoms with Gasteiger partial charge in [0.1, 0.15) is 12.3 Å². The van der Waals surface area contributed by atoms with Gasteiger partial charge in [-0.25, -0.2) is 8.42 Å². The summed E-state index contributed by atoms with van der Waals surface area (Å²) in [5, 5.41) is 13.1. The van der Waals surface area contributed by atoms with E-state index in [9.17, 15) is 23.1 Å². The largest absolute Gasteiger partial charge is 0.491 e. The van der Waals surface area contributed by atoms with Crippen LogP contribution in [-0.4, -0.2) is 53.5 Å². The highest BCUT2D eigenvalue weighted by atomic mass is 32.2. The standard InChI is InChI=1S/C28H29N3O7S/c1-18(2)38-21-6-8-22(9-7-21)39(35,36)31-12-11-19(15-31)24-16-30(17-27(32)33)25-14-20(5-10-23(24)25)29-28(34)26-4-3-13-37-26/h3-10,13-14,16,18-19H,11-12,15,17H2,1-2H3,(H,29,34)(H,32,33). The minimum absolute atomic E-state index is 0.0154. The average molecular weight is 552 g/mol. The maximum Gasteiger partial charge on any atom is 0.323 e. The second-order valence-corrected chi connectivity index (χ2v) is 11.7. The number of rotatable bonds is 9. The van der Waals surface area contributed by atoms with Crippen LogP contribution in [0.15, 0.2) is 76.4 Å². The molecule has 2 aromatic heterocycles. The second-order valence-electron chi connectivity index (χ2n) is 9.76. The van der Waals surface area contributed by atoms with Gasteiger partial charge in [-0.2, -0.15) is 4.31 Å². The molecule has 2 N–H and O–H groups in total. The Kier molecular flexibility index (Phi) is 7.19. The summed E-state index contributed by atoms with van der Waals surface area (Å²) in [5.41, 5.74) is 1.99. The van der Waals surface area contributed by atoms with Crippen LogP contribution in [0.1, 0.15) is 42.3 Å². The Hall–Kier alpha value is -4.09. The monoisotopic (exact) mass is 551 g/mol. The molecule has 2 aromatic carbocycles. The molecule has 5 rings (SSSR count). The molecular weight excluding hydrogens is 522 g/mol. The van der Waals surface area contributed by atoms with E-state index in [2.05, 4.69) is 5.32 Å². The molecule has 0 bridgehead atoms. The molecule has 1 amide bonds. The minimum atomic E-state index is -3.71. The first-order valence-corrected chi connectivity index (χ1v) is 14.0. The molecule has 1 aliphatic rings. The summed E-state index contributed by atoms with van der Waals surface area (Å²) in [7, 11) is -3.71. The number of nitrogens with one attached hydrogen (secondary N) is 1. The first-order chi connectivity index (χ1) is 18.6. The lowest BCUT2D eigenvalue weighted by Crippen LogP contribution is -2.28. The highest BCUT2D eigenvalue weighted by Crippen LogP contribution is 2.37. The van der Waals surface area contributed by atoms with E-state index >= 15 is 0 Å². The molecule has 4 aromatic rings. The fraction of sp³-hybridized carbons (Fsp3) is 0.286. The summed E-state index contributed by atoms with van der Waals surface area (Å²) in [6, 6.07) is 14.9. The molecule has 1 unspecified atom stereocenters. The van der Waals surface area contributed by atoms with Crippen LogP contribution in [0.25, 0.3) is 10.9 Å². The smallest absolute Gasteiger partial charge is 0.323 e. The first kappa shape index (κ1) is 26.5. The van der Waals surface area contributed by atoms with E-state index in [1.54, 1.807) is 59.3 Å². The van der Waals surface area contributed by atoms with Crippen LogP contribution >= 0.6 is 0 Å². The number of carbonyl (C=O) groups excluding carboxylic acids is 1. The highest BCUT2D eigenvalue weighted by molar-refractivity contribution is 7.89. The van der Waals surface area contributed by atoms with Gasteiger partial charge in [-0.05, 0) is 74.4 Å². The second kappa shape index (κ2) is 10.6. The fourth-order valence-corrected chi connectivity index (χ4v) is 6.41. The number of hydrogen-bond donors (Lipinski definition) is 2. The lowest BCUT2D eigenvalue weighted by atomic mass is 9.98. The molecule has 204 valence electrons. The minimum Gasteiger partial charge on any atom is -0.491 e. The van der Waals surface area contributed by atoms with Gasteiger partial charge in [0.2, 0.25) is 10.0 Å². The predicted octanol–water partition coefficient (Wildman–Crippen LogP) is 4.54. The molecule has 0 saturated carbocycles. The molecule has 3 heterocycles. The summed E-state index contributed by atoms with van der Waals surface area (Å²) in [4.78, 5) is 24.2. The van der Waals surface area contributed by atoms with E-state index in [-0.39, 0.29) is 35.8 Å². The topological polar surface area (TPSA) is 131 Å². The van der Waals surface area contributed by atoms with E-state index in [0.717, 1.165) is 10.9 Å². The van der Waals surface area contributed by atoms with Crippen molar-refractivity contribution in [3.8, 4) is 5.75 Å². The van der Waals surface area contributed by atoms with E-state index in [1.807, 2.05) is 19.9 Å². The van der Waals surface area contributed by atoms with E-state index in [0.29, 0.717) is 29.9 Å². The zero-order valence-corrected chi connectivity index (χ0v) is 22.3. The van der Waals surface area contributed by atoms with Crippen molar-refractivity contribution in [2.24, 2.45) is 0 Å². The van der Waals surface area contributed by atoms with E-state index in [4.69, 9.17) is 9.15 Å². The van der Waals surface area contributed by atoms with Crippen LogP contribution in [0.2, 0.25) is 0 Å². The average Bonchev–Trinajstić information content (AvgIpc) is 3.65. The van der Waals surface area contributed by atoms with Gasteiger partial charge in [0, 0.05) is 36.3 Å². The molecule has 1 atom stereocenters. The summed E-state index contributed by atoms with van der Waals surface area (Å²) in [6.45, 7) is 4.15. The van der Waals surface area contributed by atoms with Crippen LogP contribution in [-0.2, 0) is 21.4 Å². The van der Waals surface area contributed by atoms with Crippen molar-refractivity contribution in [3.05, 3.63) is 78.4 Å².